The summed E-state index contributed by atoms with van der Waals surface area (Å²) in [5.41, 5.74) is 0.908. The highest BCUT2D eigenvalue weighted by atomic mass is 16.6. The maximum atomic E-state index is 9.35. The zero-order chi connectivity index (χ0) is 13.7. The first-order chi connectivity index (χ1) is 9.26. The summed E-state index contributed by atoms with van der Waals surface area (Å²) < 4.78 is 16.1. The van der Waals surface area contributed by atoms with Gasteiger partial charge in [0.1, 0.15) is 19.3 Å². The van der Waals surface area contributed by atoms with E-state index in [4.69, 9.17) is 14.2 Å². The number of likely N-dealkylation sites (N-methyl/N-ethyl adjacent to an activating group) is 1. The van der Waals surface area contributed by atoms with Crippen molar-refractivity contribution >= 4 is 0 Å². The molecule has 5 nitrogen and oxygen atoms in total. The molecule has 0 spiro atoms. The summed E-state index contributed by atoms with van der Waals surface area (Å²) in [4.78, 5) is 1.95. The van der Waals surface area contributed by atoms with Gasteiger partial charge in [-0.2, -0.15) is 5.26 Å². The van der Waals surface area contributed by atoms with Crippen LogP contribution in [0.2, 0.25) is 0 Å². The predicted molar refractivity (Wildman–Crippen MR) is 70.3 cm³/mol. The summed E-state index contributed by atoms with van der Waals surface area (Å²) in [5.74, 6) is 1.45. The van der Waals surface area contributed by atoms with Gasteiger partial charge in [-0.25, -0.2) is 0 Å². The van der Waals surface area contributed by atoms with Crippen molar-refractivity contribution in [2.45, 2.75) is 6.04 Å². The first kappa shape index (κ1) is 13.7. The minimum absolute atomic E-state index is 0.314. The highest BCUT2D eigenvalue weighted by molar-refractivity contribution is 5.45. The van der Waals surface area contributed by atoms with Crippen LogP contribution < -0.4 is 9.47 Å². The Kier molecular flexibility index (Phi) is 4.61. The van der Waals surface area contributed by atoms with Crippen molar-refractivity contribution < 1.29 is 14.2 Å². The zero-order valence-corrected chi connectivity index (χ0v) is 11.3. The van der Waals surface area contributed by atoms with Gasteiger partial charge in [0.25, 0.3) is 0 Å². The van der Waals surface area contributed by atoms with Crippen LogP contribution in [0.4, 0.5) is 0 Å². The van der Waals surface area contributed by atoms with E-state index in [-0.39, 0.29) is 6.04 Å². The largest absolute Gasteiger partial charge is 0.486 e. The van der Waals surface area contributed by atoms with Crippen molar-refractivity contribution in [2.24, 2.45) is 0 Å². The third-order valence-electron chi connectivity index (χ3n) is 3.09. The van der Waals surface area contributed by atoms with Crippen LogP contribution in [0.1, 0.15) is 11.6 Å². The fraction of sp³-hybridized carbons (Fsp3) is 0.500. The molecule has 0 amide bonds. The second kappa shape index (κ2) is 6.41. The van der Waals surface area contributed by atoms with Crippen LogP contribution in [0, 0.1) is 11.3 Å². The van der Waals surface area contributed by atoms with Crippen LogP contribution in [0.3, 0.4) is 0 Å². The summed E-state index contributed by atoms with van der Waals surface area (Å²) in [7, 11) is 3.56. The Morgan fingerprint density at radius 2 is 2.11 bits per heavy atom. The smallest absolute Gasteiger partial charge is 0.161 e. The lowest BCUT2D eigenvalue weighted by Gasteiger charge is -2.24. The lowest BCUT2D eigenvalue weighted by atomic mass is 10.1. The summed E-state index contributed by atoms with van der Waals surface area (Å²) in [6.45, 7) is 2.41. The lowest BCUT2D eigenvalue weighted by molar-refractivity contribution is 0.150. The van der Waals surface area contributed by atoms with Gasteiger partial charge >= 0.3 is 0 Å². The quantitative estimate of drug-likeness (QED) is 0.806. The van der Waals surface area contributed by atoms with Gasteiger partial charge in [0, 0.05) is 13.7 Å². The zero-order valence-electron chi connectivity index (χ0n) is 11.3. The van der Waals surface area contributed by atoms with Gasteiger partial charge < -0.3 is 14.2 Å². The molecule has 1 aliphatic heterocycles. The molecule has 0 aromatic heterocycles. The molecule has 1 aliphatic rings. The number of fused-ring (bicyclic) bond motifs is 1. The van der Waals surface area contributed by atoms with E-state index in [9.17, 15) is 5.26 Å². The van der Waals surface area contributed by atoms with Gasteiger partial charge in [0.15, 0.2) is 11.5 Å². The van der Waals surface area contributed by atoms with E-state index in [1.807, 2.05) is 30.1 Å². The van der Waals surface area contributed by atoms with Crippen LogP contribution in [0.5, 0.6) is 11.5 Å². The average molecular weight is 262 g/mol. The summed E-state index contributed by atoms with van der Waals surface area (Å²) in [6.07, 6.45) is 0. The highest BCUT2D eigenvalue weighted by Gasteiger charge is 2.19. The Bertz CT molecular complexity index is 470. The minimum atomic E-state index is -0.314. The Labute approximate surface area is 113 Å². The normalized spacial score (nSPS) is 15.1. The van der Waals surface area contributed by atoms with E-state index in [1.165, 1.54) is 0 Å². The predicted octanol–water partition coefficient (Wildman–Crippen LogP) is 1.60. The van der Waals surface area contributed by atoms with Crippen molar-refractivity contribution in [3.8, 4) is 17.6 Å². The first-order valence-electron chi connectivity index (χ1n) is 6.24. The van der Waals surface area contributed by atoms with Crippen molar-refractivity contribution in [1.29, 1.82) is 5.26 Å². The third kappa shape index (κ3) is 3.16. The molecule has 0 aliphatic carbocycles. The van der Waals surface area contributed by atoms with Crippen molar-refractivity contribution in [3.63, 3.8) is 0 Å². The highest BCUT2D eigenvalue weighted by Crippen LogP contribution is 2.33. The number of hydrogen-bond donors (Lipinski definition) is 0. The van der Waals surface area contributed by atoms with Crippen molar-refractivity contribution in [1.82, 2.24) is 4.90 Å². The molecule has 0 radical (unpaired) electrons. The second-order valence-corrected chi connectivity index (χ2v) is 4.41. The monoisotopic (exact) mass is 262 g/mol. The number of nitrogens with zero attached hydrogens (tertiary/aromatic N) is 2. The summed E-state index contributed by atoms with van der Waals surface area (Å²) in [5, 5.41) is 9.35. The summed E-state index contributed by atoms with van der Waals surface area (Å²) in [6, 6.07) is 7.64. The molecule has 102 valence electrons. The average Bonchev–Trinajstić information content (AvgIpc) is 2.45. The van der Waals surface area contributed by atoms with Gasteiger partial charge in [-0.15, -0.1) is 0 Å². The van der Waals surface area contributed by atoms with Gasteiger partial charge in [-0.1, -0.05) is 6.07 Å². The Morgan fingerprint density at radius 3 is 2.79 bits per heavy atom. The van der Waals surface area contributed by atoms with Crippen molar-refractivity contribution in [3.05, 3.63) is 23.8 Å². The molecule has 0 fully saturated rings. The van der Waals surface area contributed by atoms with Crippen LogP contribution in [0.25, 0.3) is 0 Å². The van der Waals surface area contributed by atoms with E-state index >= 15 is 0 Å². The fourth-order valence-electron chi connectivity index (χ4n) is 2.02. The molecular formula is C14H18N2O3. The molecule has 0 bridgehead atoms. The third-order valence-corrected chi connectivity index (χ3v) is 3.09. The van der Waals surface area contributed by atoms with Crippen LogP contribution in [-0.2, 0) is 4.74 Å². The van der Waals surface area contributed by atoms with E-state index in [1.54, 1.807) is 7.11 Å². The van der Waals surface area contributed by atoms with E-state index in [2.05, 4.69) is 6.07 Å². The molecule has 0 N–H and O–H groups in total. The van der Waals surface area contributed by atoms with Gasteiger partial charge in [0.2, 0.25) is 0 Å². The van der Waals surface area contributed by atoms with Gasteiger partial charge in [-0.05, 0) is 24.7 Å². The lowest BCUT2D eigenvalue weighted by Crippen LogP contribution is -2.27. The molecule has 1 heterocycles. The SMILES string of the molecule is COCCN(C)C(C#N)c1ccc2c(c1)OCCO2. The molecule has 1 aromatic carbocycles. The van der Waals surface area contributed by atoms with Crippen LogP contribution >= 0.6 is 0 Å². The number of benzene rings is 1. The number of rotatable bonds is 5. The molecule has 1 unspecified atom stereocenters. The molecular weight excluding hydrogens is 244 g/mol. The maximum absolute atomic E-state index is 9.35. The van der Waals surface area contributed by atoms with Crippen LogP contribution in [-0.4, -0.2) is 45.4 Å². The molecule has 0 saturated heterocycles. The molecule has 2 rings (SSSR count). The topological polar surface area (TPSA) is 54.7 Å². The van der Waals surface area contributed by atoms with Crippen molar-refractivity contribution in [2.75, 3.05) is 40.5 Å². The summed E-state index contributed by atoms with van der Waals surface area (Å²) >= 11 is 0. The Hall–Kier alpha value is -1.77. The molecule has 1 aromatic rings. The molecule has 19 heavy (non-hydrogen) atoms. The van der Waals surface area contributed by atoms with Crippen LogP contribution in [0.15, 0.2) is 18.2 Å². The fourth-order valence-corrected chi connectivity index (χ4v) is 2.02. The Balaban J connectivity index is 2.17. The molecule has 1 atom stereocenters. The molecule has 5 heteroatoms. The minimum Gasteiger partial charge on any atom is -0.486 e. The number of hydrogen-bond acceptors (Lipinski definition) is 5. The first-order valence-corrected chi connectivity index (χ1v) is 6.24. The van der Waals surface area contributed by atoms with E-state index in [0.717, 1.165) is 11.3 Å². The van der Waals surface area contributed by atoms with Gasteiger partial charge in [-0.3, -0.25) is 4.90 Å². The van der Waals surface area contributed by atoms with Gasteiger partial charge in [0.05, 0.1) is 12.7 Å². The number of ether oxygens (including phenoxy) is 3. The van der Waals surface area contributed by atoms with E-state index in [0.29, 0.717) is 32.1 Å². The second-order valence-electron chi connectivity index (χ2n) is 4.41. The standard InChI is InChI=1S/C14H18N2O3/c1-16(5-6-17-2)12(10-15)11-3-4-13-14(9-11)19-8-7-18-13/h3-4,9,12H,5-8H2,1-2H3. The molecule has 0 saturated carbocycles. The number of nitriles is 1. The maximum Gasteiger partial charge on any atom is 0.161 e. The Morgan fingerprint density at radius 1 is 1.37 bits per heavy atom. The van der Waals surface area contributed by atoms with E-state index < -0.39 is 0 Å². The number of methoxy groups -OCH3 is 1.